The summed E-state index contributed by atoms with van der Waals surface area (Å²) >= 11 is 11.1. The zero-order chi connectivity index (χ0) is 26.9. The fourth-order valence-corrected chi connectivity index (χ4v) is 5.83. The molecule has 0 spiro atoms. The fraction of sp³-hybridized carbons (Fsp3) is 0.231. The SMILES string of the molecule is CCOC(=O)C1=C(C)N=c2s/c(=C\c3cc(Br)c(OC(C)=O)c(OC)c3)c(=O)n2[C@H]1c1ccccc1Cl. The van der Waals surface area contributed by atoms with Crippen molar-refractivity contribution in [2.75, 3.05) is 13.7 Å². The average Bonchev–Trinajstić information content (AvgIpc) is 3.14. The maximum Gasteiger partial charge on any atom is 0.338 e. The number of carbonyl (C=O) groups excluding carboxylic acids is 2. The van der Waals surface area contributed by atoms with Gasteiger partial charge >= 0.3 is 11.9 Å². The minimum Gasteiger partial charge on any atom is -0.493 e. The molecule has 1 atom stereocenters. The molecule has 1 aliphatic heterocycles. The van der Waals surface area contributed by atoms with E-state index in [4.69, 9.17) is 25.8 Å². The lowest BCUT2D eigenvalue weighted by atomic mass is 9.96. The second kappa shape index (κ2) is 11.0. The largest absolute Gasteiger partial charge is 0.493 e. The zero-order valence-corrected chi connectivity index (χ0v) is 23.5. The Morgan fingerprint density at radius 3 is 2.65 bits per heavy atom. The van der Waals surface area contributed by atoms with Gasteiger partial charge in [0.2, 0.25) is 0 Å². The highest BCUT2D eigenvalue weighted by Gasteiger charge is 2.34. The highest BCUT2D eigenvalue weighted by atomic mass is 79.9. The molecule has 0 bridgehead atoms. The van der Waals surface area contributed by atoms with E-state index in [9.17, 15) is 14.4 Å². The second-order valence-corrected chi connectivity index (χ2v) is 10.2. The van der Waals surface area contributed by atoms with Crippen LogP contribution < -0.4 is 24.4 Å². The van der Waals surface area contributed by atoms with Gasteiger partial charge in [0.15, 0.2) is 16.3 Å². The first-order chi connectivity index (χ1) is 17.7. The Kier molecular flexibility index (Phi) is 8.01. The molecule has 0 saturated heterocycles. The van der Waals surface area contributed by atoms with E-state index < -0.39 is 18.0 Å². The van der Waals surface area contributed by atoms with E-state index in [1.807, 2.05) is 0 Å². The number of hydrogen-bond acceptors (Lipinski definition) is 8. The van der Waals surface area contributed by atoms with Crippen molar-refractivity contribution in [1.29, 1.82) is 0 Å². The first-order valence-corrected chi connectivity index (χ1v) is 13.1. The van der Waals surface area contributed by atoms with Crippen LogP contribution in [-0.2, 0) is 14.3 Å². The molecule has 4 rings (SSSR count). The van der Waals surface area contributed by atoms with Crippen LogP contribution in [0.1, 0.15) is 37.9 Å². The number of hydrogen-bond donors (Lipinski definition) is 0. The lowest BCUT2D eigenvalue weighted by molar-refractivity contribution is -0.139. The normalized spacial score (nSPS) is 15.2. The number of esters is 2. The van der Waals surface area contributed by atoms with Crippen LogP contribution in [0.15, 0.2) is 61.9 Å². The van der Waals surface area contributed by atoms with E-state index in [1.54, 1.807) is 56.3 Å². The van der Waals surface area contributed by atoms with Crippen molar-refractivity contribution in [3.63, 3.8) is 0 Å². The first-order valence-electron chi connectivity index (χ1n) is 11.2. The number of allylic oxidation sites excluding steroid dienone is 1. The Morgan fingerprint density at radius 1 is 1.27 bits per heavy atom. The van der Waals surface area contributed by atoms with Gasteiger partial charge in [-0.1, -0.05) is 41.1 Å². The molecule has 192 valence electrons. The topological polar surface area (TPSA) is 96.2 Å². The standard InChI is InChI=1S/C26H22BrClN2O6S/c1-5-35-25(33)21-13(2)29-26-30(22(21)16-8-6-7-9-18(16)28)24(32)20(37-26)12-15-10-17(27)23(36-14(3)31)19(11-15)34-4/h6-12,22H,5H2,1-4H3/b20-12-/t22-/m0/s1. The monoisotopic (exact) mass is 604 g/mol. The van der Waals surface area contributed by atoms with E-state index in [-0.39, 0.29) is 23.5 Å². The molecule has 0 N–H and O–H groups in total. The van der Waals surface area contributed by atoms with Crippen molar-refractivity contribution < 1.29 is 23.8 Å². The number of fused-ring (bicyclic) bond motifs is 1. The van der Waals surface area contributed by atoms with E-state index >= 15 is 0 Å². The number of aromatic nitrogens is 1. The molecule has 8 nitrogen and oxygen atoms in total. The number of ether oxygens (including phenoxy) is 3. The summed E-state index contributed by atoms with van der Waals surface area (Å²) in [6.07, 6.45) is 1.68. The van der Waals surface area contributed by atoms with E-state index in [2.05, 4.69) is 20.9 Å². The molecule has 0 unspecified atom stereocenters. The van der Waals surface area contributed by atoms with Gasteiger partial charge in [-0.05, 0) is 65.2 Å². The number of carbonyl (C=O) groups is 2. The molecular weight excluding hydrogens is 584 g/mol. The number of benzene rings is 2. The molecule has 11 heteroatoms. The van der Waals surface area contributed by atoms with Crippen molar-refractivity contribution in [3.05, 3.63) is 88.0 Å². The predicted octanol–water partition coefficient (Wildman–Crippen LogP) is 4.15. The summed E-state index contributed by atoms with van der Waals surface area (Å²) in [5.41, 5.74) is 1.57. The van der Waals surface area contributed by atoms with Crippen molar-refractivity contribution in [1.82, 2.24) is 4.57 Å². The Morgan fingerprint density at radius 2 is 2.00 bits per heavy atom. The van der Waals surface area contributed by atoms with Crippen molar-refractivity contribution in [2.45, 2.75) is 26.8 Å². The fourth-order valence-electron chi connectivity index (χ4n) is 4.00. The van der Waals surface area contributed by atoms with Crippen LogP contribution in [0.4, 0.5) is 0 Å². The van der Waals surface area contributed by atoms with Crippen LogP contribution in [0, 0.1) is 0 Å². The maximum absolute atomic E-state index is 13.7. The van der Waals surface area contributed by atoms with Gasteiger partial charge in [0.05, 0.1) is 34.0 Å². The summed E-state index contributed by atoms with van der Waals surface area (Å²) in [7, 11) is 1.45. The van der Waals surface area contributed by atoms with Gasteiger partial charge in [-0.2, -0.15) is 0 Å². The third-order valence-corrected chi connectivity index (χ3v) is 7.43. The Hall–Kier alpha value is -3.21. The van der Waals surface area contributed by atoms with Gasteiger partial charge in [-0.25, -0.2) is 9.79 Å². The molecule has 0 radical (unpaired) electrons. The highest BCUT2D eigenvalue weighted by molar-refractivity contribution is 9.10. The molecular formula is C26H22BrClN2O6S. The minimum atomic E-state index is -0.807. The third kappa shape index (κ3) is 5.27. The Balaban J connectivity index is 1.93. The molecule has 37 heavy (non-hydrogen) atoms. The van der Waals surface area contributed by atoms with Gasteiger partial charge in [0.25, 0.3) is 5.56 Å². The van der Waals surface area contributed by atoms with Crippen LogP contribution >= 0.6 is 38.9 Å². The molecule has 1 aliphatic rings. The van der Waals surface area contributed by atoms with E-state index in [1.165, 1.54) is 29.9 Å². The van der Waals surface area contributed by atoms with Gasteiger partial charge in [-0.3, -0.25) is 14.2 Å². The van der Waals surface area contributed by atoms with E-state index in [0.717, 1.165) is 0 Å². The first kappa shape index (κ1) is 26.8. The van der Waals surface area contributed by atoms with Gasteiger partial charge < -0.3 is 14.2 Å². The number of rotatable bonds is 6. The Bertz CT molecular complexity index is 1620. The molecule has 2 heterocycles. The van der Waals surface area contributed by atoms with Crippen LogP contribution in [0.25, 0.3) is 6.08 Å². The summed E-state index contributed by atoms with van der Waals surface area (Å²) in [6, 6.07) is 9.61. The molecule has 0 fully saturated rings. The molecule has 3 aromatic rings. The number of thiazole rings is 1. The summed E-state index contributed by atoms with van der Waals surface area (Å²) in [5.74, 6) is -0.495. The molecule has 0 amide bonds. The summed E-state index contributed by atoms with van der Waals surface area (Å²) in [5, 5.41) is 0.410. The van der Waals surface area contributed by atoms with Gasteiger partial charge in [-0.15, -0.1) is 0 Å². The van der Waals surface area contributed by atoms with Crippen LogP contribution in [0.2, 0.25) is 5.02 Å². The lowest BCUT2D eigenvalue weighted by Gasteiger charge is -2.25. The average molecular weight is 606 g/mol. The lowest BCUT2D eigenvalue weighted by Crippen LogP contribution is -2.40. The smallest absolute Gasteiger partial charge is 0.338 e. The third-order valence-electron chi connectivity index (χ3n) is 5.51. The molecule has 0 saturated carbocycles. The van der Waals surface area contributed by atoms with Crippen molar-refractivity contribution >= 4 is 56.9 Å². The van der Waals surface area contributed by atoms with Gasteiger partial charge in [0, 0.05) is 11.9 Å². The molecule has 2 aromatic carbocycles. The highest BCUT2D eigenvalue weighted by Crippen LogP contribution is 2.37. The minimum absolute atomic E-state index is 0.176. The number of methoxy groups -OCH3 is 1. The zero-order valence-electron chi connectivity index (χ0n) is 20.3. The quantitative estimate of drug-likeness (QED) is 0.310. The number of halogens is 2. The Labute approximate surface area is 229 Å². The predicted molar refractivity (Wildman–Crippen MR) is 144 cm³/mol. The van der Waals surface area contributed by atoms with Crippen LogP contribution in [0.3, 0.4) is 0 Å². The van der Waals surface area contributed by atoms with E-state index in [0.29, 0.717) is 41.4 Å². The summed E-state index contributed by atoms with van der Waals surface area (Å²) < 4.78 is 18.3. The van der Waals surface area contributed by atoms with Crippen LogP contribution in [0.5, 0.6) is 11.5 Å². The van der Waals surface area contributed by atoms with Crippen LogP contribution in [-0.4, -0.2) is 30.2 Å². The van der Waals surface area contributed by atoms with Crippen molar-refractivity contribution in [3.8, 4) is 11.5 Å². The van der Waals surface area contributed by atoms with Crippen molar-refractivity contribution in [2.24, 2.45) is 4.99 Å². The molecule has 1 aromatic heterocycles. The second-order valence-electron chi connectivity index (χ2n) is 7.95. The summed E-state index contributed by atoms with van der Waals surface area (Å²) in [6.45, 7) is 4.90. The maximum atomic E-state index is 13.7. The number of nitrogens with zero attached hydrogens (tertiary/aromatic N) is 2. The molecule has 0 aliphatic carbocycles. The van der Waals surface area contributed by atoms with Gasteiger partial charge in [0.1, 0.15) is 6.04 Å². The summed E-state index contributed by atoms with van der Waals surface area (Å²) in [4.78, 5) is 43.2.